The maximum Gasteiger partial charge on any atom is 0.259 e. The summed E-state index contributed by atoms with van der Waals surface area (Å²) in [5.74, 6) is -0.860. The highest BCUT2D eigenvalue weighted by molar-refractivity contribution is 9.10. The molecule has 1 amide bonds. The summed E-state index contributed by atoms with van der Waals surface area (Å²) >= 11 is 3.16. The molecule has 4 nitrogen and oxygen atoms in total. The number of aromatic nitrogens is 2. The number of carbonyl (C=O) groups is 1. The third-order valence-corrected chi connectivity index (χ3v) is 3.15. The lowest BCUT2D eigenvalue weighted by Crippen LogP contribution is -2.14. The number of benzene rings is 1. The Morgan fingerprint density at radius 1 is 1.50 bits per heavy atom. The summed E-state index contributed by atoms with van der Waals surface area (Å²) in [6, 6.07) is 4.46. The van der Waals surface area contributed by atoms with E-state index in [0.29, 0.717) is 10.0 Å². The molecule has 0 aliphatic carbocycles. The van der Waals surface area contributed by atoms with Gasteiger partial charge in [0.15, 0.2) is 0 Å². The van der Waals surface area contributed by atoms with Crippen LogP contribution >= 0.6 is 15.9 Å². The molecule has 0 aliphatic rings. The Balaban J connectivity index is 2.24. The maximum absolute atomic E-state index is 13.6. The average molecular weight is 312 g/mol. The van der Waals surface area contributed by atoms with E-state index in [1.807, 2.05) is 0 Å². The Morgan fingerprint density at radius 2 is 2.22 bits per heavy atom. The molecule has 2 aromatic rings. The molecule has 6 heteroatoms. The lowest BCUT2D eigenvalue weighted by molar-refractivity contribution is 0.102. The van der Waals surface area contributed by atoms with Gasteiger partial charge >= 0.3 is 0 Å². The Morgan fingerprint density at radius 3 is 2.78 bits per heavy atom. The van der Waals surface area contributed by atoms with Crippen LogP contribution in [0.15, 0.2) is 28.9 Å². The Hall–Kier alpha value is -1.69. The van der Waals surface area contributed by atoms with Crippen LogP contribution in [0.4, 0.5) is 10.1 Å². The molecule has 0 atom stereocenters. The number of anilines is 1. The minimum Gasteiger partial charge on any atom is -0.319 e. The third-order valence-electron chi connectivity index (χ3n) is 2.66. The van der Waals surface area contributed by atoms with E-state index >= 15 is 0 Å². The van der Waals surface area contributed by atoms with Gasteiger partial charge in [-0.25, -0.2) is 4.39 Å². The molecule has 94 valence electrons. The van der Waals surface area contributed by atoms with Crippen molar-refractivity contribution in [3.63, 3.8) is 0 Å². The molecule has 18 heavy (non-hydrogen) atoms. The van der Waals surface area contributed by atoms with Crippen molar-refractivity contribution in [1.82, 2.24) is 9.78 Å². The molecular formula is C12H11BrFN3O. The quantitative estimate of drug-likeness (QED) is 0.927. The van der Waals surface area contributed by atoms with Gasteiger partial charge in [0.25, 0.3) is 5.91 Å². The van der Waals surface area contributed by atoms with Crippen LogP contribution < -0.4 is 5.32 Å². The molecule has 0 bridgehead atoms. The highest BCUT2D eigenvalue weighted by Gasteiger charge is 2.14. The molecule has 0 aliphatic heterocycles. The molecule has 1 heterocycles. The molecule has 2 rings (SSSR count). The molecule has 0 fully saturated rings. The van der Waals surface area contributed by atoms with Gasteiger partial charge in [0.05, 0.1) is 17.4 Å². The van der Waals surface area contributed by atoms with Crippen molar-refractivity contribution in [2.45, 2.75) is 6.92 Å². The lowest BCUT2D eigenvalue weighted by atomic mass is 10.2. The summed E-state index contributed by atoms with van der Waals surface area (Å²) in [6.45, 7) is 1.78. The number of nitrogens with zero attached hydrogens (tertiary/aromatic N) is 2. The minimum absolute atomic E-state index is 0.145. The lowest BCUT2D eigenvalue weighted by Gasteiger charge is -2.06. The largest absolute Gasteiger partial charge is 0.319 e. The van der Waals surface area contributed by atoms with Gasteiger partial charge in [-0.3, -0.25) is 9.48 Å². The first-order valence-electron chi connectivity index (χ1n) is 5.24. The Labute approximate surface area is 112 Å². The minimum atomic E-state index is -0.487. The van der Waals surface area contributed by atoms with Gasteiger partial charge < -0.3 is 5.32 Å². The zero-order valence-electron chi connectivity index (χ0n) is 9.87. The van der Waals surface area contributed by atoms with Crippen LogP contribution in [0.25, 0.3) is 0 Å². The monoisotopic (exact) mass is 311 g/mol. The number of halogens is 2. The van der Waals surface area contributed by atoms with Crippen LogP contribution in [0.3, 0.4) is 0 Å². The fourth-order valence-electron chi connectivity index (χ4n) is 1.50. The zero-order chi connectivity index (χ0) is 13.3. The Bertz CT molecular complexity index is 609. The Kier molecular flexibility index (Phi) is 3.47. The second-order valence-electron chi connectivity index (χ2n) is 3.85. The molecule has 0 saturated heterocycles. The molecule has 0 radical (unpaired) electrons. The summed E-state index contributed by atoms with van der Waals surface area (Å²) < 4.78 is 15.8. The predicted octanol–water partition coefficient (Wildman–Crippen LogP) is 2.88. The highest BCUT2D eigenvalue weighted by atomic mass is 79.9. The first kappa shape index (κ1) is 12.8. The number of hydrogen-bond donors (Lipinski definition) is 1. The maximum atomic E-state index is 13.6. The van der Waals surface area contributed by atoms with Gasteiger partial charge in [0.1, 0.15) is 5.82 Å². The second kappa shape index (κ2) is 4.89. The predicted molar refractivity (Wildman–Crippen MR) is 70.0 cm³/mol. The van der Waals surface area contributed by atoms with E-state index < -0.39 is 5.82 Å². The SMILES string of the molecule is Cc1c(C(=O)Nc2ccc(Br)cc2F)cnn1C. The first-order valence-corrected chi connectivity index (χ1v) is 6.03. The fourth-order valence-corrected chi connectivity index (χ4v) is 1.84. The first-order chi connectivity index (χ1) is 8.49. The number of carbonyl (C=O) groups excluding carboxylic acids is 1. The second-order valence-corrected chi connectivity index (χ2v) is 4.76. The topological polar surface area (TPSA) is 46.9 Å². The third kappa shape index (κ3) is 2.43. The molecule has 0 spiro atoms. The summed E-state index contributed by atoms with van der Waals surface area (Å²) in [6.07, 6.45) is 1.46. The van der Waals surface area contributed by atoms with Crippen molar-refractivity contribution in [2.75, 3.05) is 5.32 Å². The van der Waals surface area contributed by atoms with Crippen LogP contribution in [0, 0.1) is 12.7 Å². The van der Waals surface area contributed by atoms with E-state index in [1.165, 1.54) is 18.3 Å². The standard InChI is InChI=1S/C12H11BrFN3O/c1-7-9(6-15-17(7)2)12(18)16-11-4-3-8(13)5-10(11)14/h3-6H,1-2H3,(H,16,18). The van der Waals surface area contributed by atoms with E-state index in [-0.39, 0.29) is 11.6 Å². The van der Waals surface area contributed by atoms with Crippen molar-refractivity contribution in [3.8, 4) is 0 Å². The number of rotatable bonds is 2. The van der Waals surface area contributed by atoms with Gasteiger partial charge in [0, 0.05) is 17.2 Å². The van der Waals surface area contributed by atoms with Crippen molar-refractivity contribution in [2.24, 2.45) is 7.05 Å². The van der Waals surface area contributed by atoms with E-state index in [1.54, 1.807) is 24.7 Å². The van der Waals surface area contributed by atoms with Gasteiger partial charge in [-0.05, 0) is 25.1 Å². The molecule has 1 aromatic heterocycles. The average Bonchev–Trinajstić information content (AvgIpc) is 2.64. The summed E-state index contributed by atoms with van der Waals surface area (Å²) in [7, 11) is 1.74. The van der Waals surface area contributed by atoms with Crippen LogP contribution in [0.5, 0.6) is 0 Å². The number of aryl methyl sites for hydroxylation is 1. The van der Waals surface area contributed by atoms with Crippen molar-refractivity contribution in [1.29, 1.82) is 0 Å². The van der Waals surface area contributed by atoms with Crippen LogP contribution in [0.2, 0.25) is 0 Å². The summed E-state index contributed by atoms with van der Waals surface area (Å²) in [4.78, 5) is 11.9. The molecule has 1 aromatic carbocycles. The van der Waals surface area contributed by atoms with Crippen molar-refractivity contribution < 1.29 is 9.18 Å². The summed E-state index contributed by atoms with van der Waals surface area (Å²) in [5, 5.41) is 6.49. The molecule has 0 unspecified atom stereocenters. The molecular weight excluding hydrogens is 301 g/mol. The smallest absolute Gasteiger partial charge is 0.259 e. The number of hydrogen-bond acceptors (Lipinski definition) is 2. The van der Waals surface area contributed by atoms with Gasteiger partial charge in [-0.15, -0.1) is 0 Å². The van der Waals surface area contributed by atoms with E-state index in [9.17, 15) is 9.18 Å². The zero-order valence-corrected chi connectivity index (χ0v) is 11.5. The fraction of sp³-hybridized carbons (Fsp3) is 0.167. The van der Waals surface area contributed by atoms with Gasteiger partial charge in [-0.2, -0.15) is 5.10 Å². The molecule has 0 saturated carbocycles. The number of amides is 1. The van der Waals surface area contributed by atoms with Crippen molar-refractivity contribution in [3.05, 3.63) is 45.9 Å². The van der Waals surface area contributed by atoms with Gasteiger partial charge in [0.2, 0.25) is 0 Å². The van der Waals surface area contributed by atoms with Gasteiger partial charge in [-0.1, -0.05) is 15.9 Å². The van der Waals surface area contributed by atoms with Crippen LogP contribution in [-0.4, -0.2) is 15.7 Å². The number of nitrogens with one attached hydrogen (secondary N) is 1. The summed E-state index contributed by atoms with van der Waals surface area (Å²) in [5.41, 5.74) is 1.30. The van der Waals surface area contributed by atoms with Crippen LogP contribution in [-0.2, 0) is 7.05 Å². The van der Waals surface area contributed by atoms with E-state index in [4.69, 9.17) is 0 Å². The molecule has 1 N–H and O–H groups in total. The van der Waals surface area contributed by atoms with E-state index in [2.05, 4.69) is 26.3 Å². The van der Waals surface area contributed by atoms with Crippen LogP contribution in [0.1, 0.15) is 16.1 Å². The normalized spacial score (nSPS) is 10.4. The van der Waals surface area contributed by atoms with E-state index in [0.717, 1.165) is 5.69 Å². The van der Waals surface area contributed by atoms with Crippen molar-refractivity contribution >= 4 is 27.5 Å². The highest BCUT2D eigenvalue weighted by Crippen LogP contribution is 2.20.